The van der Waals surface area contributed by atoms with Crippen molar-refractivity contribution in [2.24, 2.45) is 23.7 Å². The molecule has 0 amide bonds. The van der Waals surface area contributed by atoms with Crippen LogP contribution in [-0.4, -0.2) is 95.9 Å². The first-order valence-corrected chi connectivity index (χ1v) is 14.6. The Morgan fingerprint density at radius 3 is 2.15 bits per heavy atom. The van der Waals surface area contributed by atoms with Crippen LogP contribution in [0.5, 0.6) is 0 Å². The molecular formula is C28H46O12. The first kappa shape index (κ1) is 31.6. The van der Waals surface area contributed by atoms with Gasteiger partial charge in [0.15, 0.2) is 18.2 Å². The summed E-state index contributed by atoms with van der Waals surface area (Å²) in [6.07, 6.45) is 3.06. The molecule has 0 radical (unpaired) electrons. The molecule has 4 aliphatic heterocycles. The molecule has 8 atom stereocenters. The Morgan fingerprint density at radius 1 is 0.800 bits per heavy atom. The zero-order valence-corrected chi connectivity index (χ0v) is 24.3. The van der Waals surface area contributed by atoms with Gasteiger partial charge in [0.25, 0.3) is 0 Å². The molecule has 5 aliphatic rings. The highest BCUT2D eigenvalue weighted by atomic mass is 17.3. The Balaban J connectivity index is 1.04. The molecule has 4 heterocycles. The summed E-state index contributed by atoms with van der Waals surface area (Å²) in [5, 5.41) is 0. The monoisotopic (exact) mass is 574 g/mol. The minimum Gasteiger partial charge on any atom is -0.469 e. The lowest BCUT2D eigenvalue weighted by Crippen LogP contribution is -2.70. The second-order valence-corrected chi connectivity index (χ2v) is 11.3. The second kappa shape index (κ2) is 14.7. The Bertz CT molecular complexity index is 825. The van der Waals surface area contributed by atoms with E-state index >= 15 is 0 Å². The Labute approximate surface area is 236 Å². The molecule has 1 aliphatic carbocycles. The van der Waals surface area contributed by atoms with Crippen LogP contribution >= 0.6 is 0 Å². The average molecular weight is 575 g/mol. The van der Waals surface area contributed by atoms with Gasteiger partial charge in [-0.15, -0.1) is 0 Å². The molecule has 230 valence electrons. The molecule has 5 fully saturated rings. The van der Waals surface area contributed by atoms with Gasteiger partial charge in [0, 0.05) is 18.3 Å². The van der Waals surface area contributed by atoms with Gasteiger partial charge in [0.2, 0.25) is 5.79 Å². The van der Waals surface area contributed by atoms with Crippen LogP contribution in [0.2, 0.25) is 0 Å². The van der Waals surface area contributed by atoms with E-state index in [1.807, 2.05) is 6.92 Å². The van der Waals surface area contributed by atoms with Crippen molar-refractivity contribution in [3.8, 4) is 0 Å². The minimum atomic E-state index is -0.795. The summed E-state index contributed by atoms with van der Waals surface area (Å²) in [6.45, 7) is 9.24. The maximum absolute atomic E-state index is 11.5. The van der Waals surface area contributed by atoms with Crippen LogP contribution in [0.25, 0.3) is 0 Å². The molecular weight excluding hydrogens is 528 g/mol. The number of carbonyl (C=O) groups is 2. The Morgan fingerprint density at radius 2 is 1.45 bits per heavy atom. The van der Waals surface area contributed by atoms with E-state index < -0.39 is 35.9 Å². The molecule has 2 bridgehead atoms. The number of carbonyl (C=O) groups excluding carboxylic acids is 2. The van der Waals surface area contributed by atoms with Crippen LogP contribution in [0.1, 0.15) is 59.3 Å². The van der Waals surface area contributed by atoms with Crippen LogP contribution in [-0.2, 0) is 57.3 Å². The summed E-state index contributed by atoms with van der Waals surface area (Å²) in [7, 11) is 1.28. The third-order valence-electron chi connectivity index (χ3n) is 8.60. The van der Waals surface area contributed by atoms with Crippen molar-refractivity contribution < 1.29 is 57.3 Å². The average Bonchev–Trinajstić information content (AvgIpc) is 3.18. The molecule has 0 aromatic heterocycles. The van der Waals surface area contributed by atoms with Gasteiger partial charge in [-0.25, -0.2) is 9.78 Å². The molecule has 12 nitrogen and oxygen atoms in total. The molecule has 0 unspecified atom stereocenters. The number of ether oxygens (including phenoxy) is 8. The quantitative estimate of drug-likeness (QED) is 0.153. The molecule has 0 N–H and O–H groups in total. The predicted octanol–water partition coefficient (Wildman–Crippen LogP) is 2.76. The van der Waals surface area contributed by atoms with Crippen LogP contribution < -0.4 is 0 Å². The molecule has 1 spiro atoms. The van der Waals surface area contributed by atoms with Crippen LogP contribution in [0, 0.1) is 23.7 Å². The van der Waals surface area contributed by atoms with Crippen molar-refractivity contribution >= 4 is 11.9 Å². The molecule has 5 rings (SSSR count). The second-order valence-electron chi connectivity index (χ2n) is 11.3. The van der Waals surface area contributed by atoms with Crippen molar-refractivity contribution in [1.29, 1.82) is 0 Å². The smallest absolute Gasteiger partial charge is 0.306 e. The Hall–Kier alpha value is -1.38. The SMILES string of the molecule is COC(=O)CCC(=O)OCCOCCOCCOCCO[C@H]1O[C@@H]2O[C@]3(C)CC[C@H]4[C@H](C)CC[C@@H]([C@H]1C)[C@@]24OO3. The highest BCUT2D eigenvalue weighted by Crippen LogP contribution is 2.60. The van der Waals surface area contributed by atoms with Gasteiger partial charge in [-0.1, -0.05) is 13.8 Å². The summed E-state index contributed by atoms with van der Waals surface area (Å²) < 4.78 is 44.8. The third-order valence-corrected chi connectivity index (χ3v) is 8.60. The standard InChI is InChI=1S/C28H46O12/c1-19-5-6-22-20(2)25(37-26-28(22)21(19)9-10-27(3,38-26)39-40-28)36-18-16-34-14-12-32-11-13-33-15-17-35-24(30)8-7-23(29)31-4/h19-22,25-26H,5-18H2,1-4H3/t19-,20-,21+,22+,25+,26-,27+,28-/m1/s1. The number of hydrogen-bond donors (Lipinski definition) is 0. The lowest BCUT2D eigenvalue weighted by Gasteiger charge is -2.60. The van der Waals surface area contributed by atoms with E-state index in [0.717, 1.165) is 25.7 Å². The highest BCUT2D eigenvalue weighted by molar-refractivity contribution is 5.77. The first-order chi connectivity index (χ1) is 19.3. The van der Waals surface area contributed by atoms with E-state index in [9.17, 15) is 9.59 Å². The van der Waals surface area contributed by atoms with E-state index in [2.05, 4.69) is 18.6 Å². The minimum absolute atomic E-state index is 0.00663. The van der Waals surface area contributed by atoms with Crippen molar-refractivity contribution in [2.75, 3.05) is 60.0 Å². The van der Waals surface area contributed by atoms with E-state index in [-0.39, 0.29) is 37.9 Å². The van der Waals surface area contributed by atoms with Gasteiger partial charge < -0.3 is 37.9 Å². The number of fused-ring (bicyclic) bond motifs is 2. The lowest BCUT2D eigenvalue weighted by atomic mass is 9.58. The largest absolute Gasteiger partial charge is 0.469 e. The first-order valence-electron chi connectivity index (χ1n) is 14.6. The molecule has 1 saturated carbocycles. The maximum Gasteiger partial charge on any atom is 0.306 e. The van der Waals surface area contributed by atoms with Crippen LogP contribution in [0.15, 0.2) is 0 Å². The molecule has 0 aromatic carbocycles. The number of rotatable bonds is 16. The highest BCUT2D eigenvalue weighted by Gasteiger charge is 2.69. The molecule has 0 aromatic rings. The fraction of sp³-hybridized carbons (Fsp3) is 0.929. The van der Waals surface area contributed by atoms with Gasteiger partial charge in [0.05, 0.1) is 66.2 Å². The molecule has 40 heavy (non-hydrogen) atoms. The number of hydrogen-bond acceptors (Lipinski definition) is 12. The molecule has 4 saturated heterocycles. The Kier molecular flexibility index (Phi) is 11.6. The maximum atomic E-state index is 11.5. The fourth-order valence-corrected chi connectivity index (χ4v) is 6.42. The topological polar surface area (TPSA) is 126 Å². The lowest BCUT2D eigenvalue weighted by molar-refractivity contribution is -0.577. The van der Waals surface area contributed by atoms with Gasteiger partial charge in [-0.2, -0.15) is 0 Å². The van der Waals surface area contributed by atoms with Crippen LogP contribution in [0.4, 0.5) is 0 Å². The number of esters is 2. The van der Waals surface area contributed by atoms with Gasteiger partial charge in [0.1, 0.15) is 6.61 Å². The van der Waals surface area contributed by atoms with E-state index in [1.165, 1.54) is 7.11 Å². The summed E-state index contributed by atoms with van der Waals surface area (Å²) in [6, 6.07) is 0. The van der Waals surface area contributed by atoms with Crippen molar-refractivity contribution in [3.63, 3.8) is 0 Å². The predicted molar refractivity (Wildman–Crippen MR) is 137 cm³/mol. The normalized spacial score (nSPS) is 36.5. The summed E-state index contributed by atoms with van der Waals surface area (Å²) in [5.74, 6) is -0.475. The van der Waals surface area contributed by atoms with Gasteiger partial charge in [-0.05, 0) is 38.0 Å². The molecule has 12 heteroatoms. The summed E-state index contributed by atoms with van der Waals surface area (Å²) >= 11 is 0. The summed E-state index contributed by atoms with van der Waals surface area (Å²) in [5.41, 5.74) is -0.583. The van der Waals surface area contributed by atoms with Gasteiger partial charge >= 0.3 is 11.9 Å². The zero-order valence-electron chi connectivity index (χ0n) is 24.3. The number of methoxy groups -OCH3 is 1. The van der Waals surface area contributed by atoms with E-state index in [4.69, 9.17) is 42.9 Å². The van der Waals surface area contributed by atoms with E-state index in [0.29, 0.717) is 51.5 Å². The zero-order chi connectivity index (χ0) is 28.6. The third kappa shape index (κ3) is 7.52. The summed E-state index contributed by atoms with van der Waals surface area (Å²) in [4.78, 5) is 34.5. The van der Waals surface area contributed by atoms with Crippen molar-refractivity contribution in [1.82, 2.24) is 0 Å². The van der Waals surface area contributed by atoms with Crippen molar-refractivity contribution in [2.45, 2.75) is 83.3 Å². The van der Waals surface area contributed by atoms with Crippen LogP contribution in [0.3, 0.4) is 0 Å². The van der Waals surface area contributed by atoms with Gasteiger partial charge in [-0.3, -0.25) is 9.59 Å². The van der Waals surface area contributed by atoms with E-state index in [1.54, 1.807) is 0 Å². The van der Waals surface area contributed by atoms with Crippen molar-refractivity contribution in [3.05, 3.63) is 0 Å². The fourth-order valence-electron chi connectivity index (χ4n) is 6.42.